The molecule has 4 nitrogen and oxygen atoms in total. The molecule has 2 N–H and O–H groups in total. The average Bonchev–Trinajstić information content (AvgIpc) is 2.96. The summed E-state index contributed by atoms with van der Waals surface area (Å²) < 4.78 is 25.9. The van der Waals surface area contributed by atoms with Crippen molar-refractivity contribution in [1.82, 2.24) is 4.72 Å². The Balaban J connectivity index is 1.64. The third kappa shape index (κ3) is 3.12. The van der Waals surface area contributed by atoms with E-state index in [0.717, 1.165) is 28.2 Å². The van der Waals surface area contributed by atoms with Crippen LogP contribution in [0.25, 0.3) is 10.4 Å². The molecule has 0 aliphatic heterocycles. The monoisotopic (exact) mass is 329 g/mol. The van der Waals surface area contributed by atoms with Crippen molar-refractivity contribution in [2.75, 3.05) is 6.54 Å². The summed E-state index contributed by atoms with van der Waals surface area (Å²) in [4.78, 5) is 1.87. The first-order chi connectivity index (χ1) is 9.56. The lowest BCUT2D eigenvalue weighted by molar-refractivity contribution is 0.185. The quantitative estimate of drug-likeness (QED) is 0.856. The van der Waals surface area contributed by atoms with Crippen LogP contribution in [0.4, 0.5) is 0 Å². The number of nitrogens with one attached hydrogen (secondary N) is 1. The molecule has 1 unspecified atom stereocenters. The Kier molecular flexibility index (Phi) is 3.96. The molecule has 1 aliphatic carbocycles. The lowest BCUT2D eigenvalue weighted by Crippen LogP contribution is -2.31. The molecule has 0 saturated heterocycles. The van der Waals surface area contributed by atoms with Crippen LogP contribution in [0.2, 0.25) is 0 Å². The first-order valence-corrected chi connectivity index (χ1v) is 9.65. The van der Waals surface area contributed by atoms with Gasteiger partial charge in [-0.25, -0.2) is 13.1 Å². The summed E-state index contributed by atoms with van der Waals surface area (Å²) in [5, 5.41) is 13.9. The minimum absolute atomic E-state index is 0.0441. The van der Waals surface area contributed by atoms with E-state index in [4.69, 9.17) is 0 Å². The van der Waals surface area contributed by atoms with Crippen LogP contribution in [0, 0.1) is 0 Å². The van der Waals surface area contributed by atoms with Crippen molar-refractivity contribution in [2.24, 2.45) is 0 Å². The highest BCUT2D eigenvalue weighted by Gasteiger charge is 2.35. The van der Waals surface area contributed by atoms with Crippen molar-refractivity contribution in [3.05, 3.63) is 33.8 Å². The molecule has 1 atom stereocenters. The number of hydrogen-bond acceptors (Lipinski definition) is 5. The molecule has 2 aromatic heterocycles. The number of aliphatic hydroxyl groups excluding tert-OH is 1. The van der Waals surface area contributed by atoms with Crippen molar-refractivity contribution in [3.8, 4) is 10.4 Å². The van der Waals surface area contributed by atoms with Gasteiger partial charge in [-0.1, -0.05) is 0 Å². The Hall–Kier alpha value is -0.730. The fourth-order valence-corrected chi connectivity index (χ4v) is 4.99. The summed E-state index contributed by atoms with van der Waals surface area (Å²) in [6, 6.07) is 5.84. The van der Waals surface area contributed by atoms with E-state index in [1.165, 1.54) is 11.3 Å². The maximum atomic E-state index is 11.7. The highest BCUT2D eigenvalue weighted by atomic mass is 32.2. The maximum Gasteiger partial charge on any atom is 0.214 e. The number of aliphatic hydroxyl groups is 1. The molecule has 3 rings (SSSR count). The molecule has 2 heterocycles. The Morgan fingerprint density at radius 1 is 1.35 bits per heavy atom. The van der Waals surface area contributed by atoms with Gasteiger partial charge in [0.15, 0.2) is 0 Å². The molecule has 1 fully saturated rings. The van der Waals surface area contributed by atoms with Crippen LogP contribution in [0.15, 0.2) is 29.0 Å². The number of rotatable bonds is 6. The molecule has 0 bridgehead atoms. The van der Waals surface area contributed by atoms with Gasteiger partial charge in [0.1, 0.15) is 6.10 Å². The maximum absolute atomic E-state index is 11.7. The smallest absolute Gasteiger partial charge is 0.214 e. The molecule has 2 aromatic rings. The van der Waals surface area contributed by atoms with Crippen molar-refractivity contribution in [2.45, 2.75) is 24.2 Å². The van der Waals surface area contributed by atoms with Gasteiger partial charge in [0.2, 0.25) is 10.0 Å². The second-order valence-electron chi connectivity index (χ2n) is 4.82. The van der Waals surface area contributed by atoms with Gasteiger partial charge in [0.05, 0.1) is 5.25 Å². The van der Waals surface area contributed by atoms with Gasteiger partial charge in [-0.05, 0) is 41.8 Å². The van der Waals surface area contributed by atoms with E-state index in [9.17, 15) is 13.5 Å². The molecule has 1 saturated carbocycles. The zero-order valence-electron chi connectivity index (χ0n) is 10.7. The SMILES string of the molecule is O=S(=O)(NCC(O)c1ccc(-c2ccsc2)s1)C1CC1. The average molecular weight is 329 g/mol. The third-order valence-corrected chi connectivity index (χ3v) is 7.04. The zero-order chi connectivity index (χ0) is 14.2. The summed E-state index contributed by atoms with van der Waals surface area (Å²) in [6.45, 7) is 0.0441. The van der Waals surface area contributed by atoms with Crippen LogP contribution in [0.1, 0.15) is 23.8 Å². The van der Waals surface area contributed by atoms with E-state index in [2.05, 4.69) is 10.1 Å². The van der Waals surface area contributed by atoms with E-state index in [1.54, 1.807) is 11.3 Å². The molecule has 7 heteroatoms. The van der Waals surface area contributed by atoms with Gasteiger partial charge in [0, 0.05) is 21.9 Å². The Bertz CT molecular complexity index is 672. The zero-order valence-corrected chi connectivity index (χ0v) is 13.1. The minimum atomic E-state index is -3.23. The van der Waals surface area contributed by atoms with Gasteiger partial charge in [0.25, 0.3) is 0 Å². The second kappa shape index (κ2) is 5.57. The summed E-state index contributed by atoms with van der Waals surface area (Å²) in [5.74, 6) is 0. The molecular formula is C13H15NO3S3. The van der Waals surface area contributed by atoms with E-state index in [0.29, 0.717) is 0 Å². The lowest BCUT2D eigenvalue weighted by atomic mass is 10.2. The molecule has 1 aliphatic rings. The summed E-state index contributed by atoms with van der Waals surface area (Å²) in [5.41, 5.74) is 1.14. The van der Waals surface area contributed by atoms with E-state index in [1.807, 2.05) is 23.6 Å². The predicted molar refractivity (Wildman–Crippen MR) is 82.5 cm³/mol. The van der Waals surface area contributed by atoms with Crippen LogP contribution >= 0.6 is 22.7 Å². The van der Waals surface area contributed by atoms with Crippen molar-refractivity contribution < 1.29 is 13.5 Å². The van der Waals surface area contributed by atoms with Crippen molar-refractivity contribution >= 4 is 32.7 Å². The van der Waals surface area contributed by atoms with Crippen molar-refractivity contribution in [3.63, 3.8) is 0 Å². The van der Waals surface area contributed by atoms with E-state index >= 15 is 0 Å². The molecular weight excluding hydrogens is 314 g/mol. The van der Waals surface area contributed by atoms with Crippen LogP contribution in [0.3, 0.4) is 0 Å². The topological polar surface area (TPSA) is 66.4 Å². The predicted octanol–water partition coefficient (Wildman–Crippen LogP) is 2.59. The van der Waals surface area contributed by atoms with Crippen LogP contribution in [-0.4, -0.2) is 25.3 Å². The van der Waals surface area contributed by atoms with Gasteiger partial charge in [-0.15, -0.1) is 11.3 Å². The summed E-state index contributed by atoms with van der Waals surface area (Å²) in [7, 11) is -3.23. The van der Waals surface area contributed by atoms with Gasteiger partial charge >= 0.3 is 0 Å². The standard InChI is InChI=1S/C13H15NO3S3/c15-11(7-14-20(16,17)10-1-2-10)13-4-3-12(19-13)9-5-6-18-8-9/h3-6,8,10-11,14-15H,1-2,7H2. The van der Waals surface area contributed by atoms with Crippen LogP contribution in [-0.2, 0) is 10.0 Å². The summed E-state index contributed by atoms with van der Waals surface area (Å²) >= 11 is 3.12. The first-order valence-electron chi connectivity index (χ1n) is 6.35. The lowest BCUT2D eigenvalue weighted by Gasteiger charge is -2.10. The Morgan fingerprint density at radius 2 is 2.15 bits per heavy atom. The Morgan fingerprint density at radius 3 is 2.80 bits per heavy atom. The number of sulfonamides is 1. The van der Waals surface area contributed by atoms with E-state index in [-0.39, 0.29) is 11.8 Å². The fraction of sp³-hybridized carbons (Fsp3) is 0.385. The van der Waals surface area contributed by atoms with E-state index < -0.39 is 16.1 Å². The molecule has 0 spiro atoms. The molecule has 0 radical (unpaired) electrons. The van der Waals surface area contributed by atoms with Crippen LogP contribution < -0.4 is 4.72 Å². The summed E-state index contributed by atoms with van der Waals surface area (Å²) in [6.07, 6.45) is 0.667. The highest BCUT2D eigenvalue weighted by molar-refractivity contribution is 7.90. The number of hydrogen-bond donors (Lipinski definition) is 2. The van der Waals surface area contributed by atoms with Gasteiger partial charge in [-0.3, -0.25) is 0 Å². The number of thiophene rings is 2. The normalized spacial score (nSPS) is 17.2. The molecule has 108 valence electrons. The first kappa shape index (κ1) is 14.2. The minimum Gasteiger partial charge on any atom is -0.386 e. The second-order valence-corrected chi connectivity index (χ2v) is 8.76. The fourth-order valence-electron chi connectivity index (χ4n) is 1.88. The highest BCUT2D eigenvalue weighted by Crippen LogP contribution is 2.33. The largest absolute Gasteiger partial charge is 0.386 e. The third-order valence-electron chi connectivity index (χ3n) is 3.20. The molecule has 0 aromatic carbocycles. The van der Waals surface area contributed by atoms with Gasteiger partial charge in [-0.2, -0.15) is 11.3 Å². The Labute approximate surface area is 126 Å². The molecule has 20 heavy (non-hydrogen) atoms. The molecule has 0 amide bonds. The van der Waals surface area contributed by atoms with Gasteiger partial charge < -0.3 is 5.11 Å². The van der Waals surface area contributed by atoms with Crippen LogP contribution in [0.5, 0.6) is 0 Å². The van der Waals surface area contributed by atoms with Crippen molar-refractivity contribution in [1.29, 1.82) is 0 Å².